The van der Waals surface area contributed by atoms with Crippen LogP contribution in [0, 0.1) is 34.6 Å². The fourth-order valence-electron chi connectivity index (χ4n) is 2.91. The maximum atomic E-state index is 11.1. The van der Waals surface area contributed by atoms with Crippen molar-refractivity contribution in [2.24, 2.45) is 0 Å². The van der Waals surface area contributed by atoms with Gasteiger partial charge in [0.05, 0.1) is 0 Å². The van der Waals surface area contributed by atoms with E-state index in [2.05, 4.69) is 46.8 Å². The van der Waals surface area contributed by atoms with Gasteiger partial charge in [0.15, 0.2) is 0 Å². The van der Waals surface area contributed by atoms with Gasteiger partial charge in [0, 0.05) is 0 Å². The van der Waals surface area contributed by atoms with Crippen LogP contribution >= 0.6 is 0 Å². The van der Waals surface area contributed by atoms with E-state index >= 15 is 0 Å². The van der Waals surface area contributed by atoms with Crippen LogP contribution < -0.4 is 0 Å². The summed E-state index contributed by atoms with van der Waals surface area (Å²) in [6.07, 6.45) is 2.56. The normalized spacial score (nSPS) is 11.6. The molecule has 2 rings (SSSR count). The number of hydrogen-bond acceptors (Lipinski definition) is 1. The second-order valence-electron chi connectivity index (χ2n) is 5.58. The van der Waals surface area contributed by atoms with Gasteiger partial charge in [0.1, 0.15) is 6.29 Å². The van der Waals surface area contributed by atoms with Crippen LogP contribution in [-0.2, 0) is 4.79 Å². The summed E-state index contributed by atoms with van der Waals surface area (Å²) < 4.78 is 0. The van der Waals surface area contributed by atoms with E-state index in [0.29, 0.717) is 0 Å². The molecule has 0 heterocycles. The van der Waals surface area contributed by atoms with Crippen LogP contribution in [-0.4, -0.2) is 6.29 Å². The zero-order chi connectivity index (χ0) is 15.6. The number of rotatable bonds is 3. The summed E-state index contributed by atoms with van der Waals surface area (Å²) in [4.78, 5) is 11.1. The molecule has 0 aliphatic carbocycles. The maximum Gasteiger partial charge on any atom is 0.143 e. The highest BCUT2D eigenvalue weighted by Crippen LogP contribution is 2.34. The molecule has 0 aliphatic heterocycles. The van der Waals surface area contributed by atoms with Crippen molar-refractivity contribution in [2.75, 3.05) is 0 Å². The number of benzene rings is 2. The Labute approximate surface area is 127 Å². The van der Waals surface area contributed by atoms with Crippen LogP contribution in [0.1, 0.15) is 38.9 Å². The first kappa shape index (κ1) is 15.2. The second-order valence-corrected chi connectivity index (χ2v) is 5.58. The lowest BCUT2D eigenvalue weighted by atomic mass is 9.84. The zero-order valence-corrected chi connectivity index (χ0v) is 13.4. The highest BCUT2D eigenvalue weighted by molar-refractivity contribution is 5.92. The first-order valence-corrected chi connectivity index (χ1v) is 7.27. The van der Waals surface area contributed by atoms with Gasteiger partial charge >= 0.3 is 0 Å². The molecule has 108 valence electrons. The third-order valence-electron chi connectivity index (χ3n) is 4.59. The molecular formula is C20H22O. The van der Waals surface area contributed by atoms with Gasteiger partial charge in [0.25, 0.3) is 0 Å². The molecular weight excluding hydrogens is 256 g/mol. The summed E-state index contributed by atoms with van der Waals surface area (Å²) in [6, 6.07) is 10.1. The van der Waals surface area contributed by atoms with Crippen molar-refractivity contribution in [3.8, 4) is 0 Å². The number of allylic oxidation sites excluding steroid dienone is 1. The predicted molar refractivity (Wildman–Crippen MR) is 89.7 cm³/mol. The van der Waals surface area contributed by atoms with Crippen LogP contribution in [0.5, 0.6) is 0 Å². The van der Waals surface area contributed by atoms with E-state index in [1.807, 2.05) is 18.2 Å². The van der Waals surface area contributed by atoms with Crippen molar-refractivity contribution < 1.29 is 4.79 Å². The van der Waals surface area contributed by atoms with E-state index in [0.717, 1.165) is 17.4 Å². The summed E-state index contributed by atoms with van der Waals surface area (Å²) in [5.41, 5.74) is 9.74. The fourth-order valence-corrected chi connectivity index (χ4v) is 2.91. The molecule has 0 N–H and O–H groups in total. The van der Waals surface area contributed by atoms with Crippen LogP contribution in [0.2, 0.25) is 0 Å². The Hall–Kier alpha value is -2.15. The highest BCUT2D eigenvalue weighted by atomic mass is 16.1. The van der Waals surface area contributed by atoms with Gasteiger partial charge in [-0.05, 0) is 85.2 Å². The topological polar surface area (TPSA) is 17.1 Å². The fraction of sp³-hybridized carbons (Fsp3) is 0.250. The minimum atomic E-state index is 0.881. The first-order chi connectivity index (χ1) is 9.99. The zero-order valence-electron chi connectivity index (χ0n) is 13.4. The highest BCUT2D eigenvalue weighted by Gasteiger charge is 2.16. The smallest absolute Gasteiger partial charge is 0.143 e. The number of aldehydes is 1. The molecule has 0 saturated carbocycles. The van der Waals surface area contributed by atoms with Gasteiger partial charge in [-0.3, -0.25) is 4.79 Å². The molecule has 0 unspecified atom stereocenters. The molecule has 2 aromatic carbocycles. The van der Waals surface area contributed by atoms with Crippen molar-refractivity contribution >= 4 is 11.9 Å². The van der Waals surface area contributed by atoms with Crippen LogP contribution in [0.4, 0.5) is 0 Å². The lowest BCUT2D eigenvalue weighted by Crippen LogP contribution is -2.03. The van der Waals surface area contributed by atoms with Gasteiger partial charge in [-0.2, -0.15) is 0 Å². The Morgan fingerprint density at radius 3 is 1.71 bits per heavy atom. The van der Waals surface area contributed by atoms with E-state index in [1.165, 1.54) is 33.4 Å². The van der Waals surface area contributed by atoms with Crippen LogP contribution in [0.3, 0.4) is 0 Å². The van der Waals surface area contributed by atoms with E-state index in [1.54, 1.807) is 6.08 Å². The number of carbonyl (C=O) groups excluding carboxylic acids is 1. The monoisotopic (exact) mass is 278 g/mol. The average Bonchev–Trinajstić information content (AvgIpc) is 2.51. The Kier molecular flexibility index (Phi) is 4.42. The second kappa shape index (κ2) is 6.09. The summed E-state index contributed by atoms with van der Waals surface area (Å²) in [7, 11) is 0. The Bertz CT molecular complexity index is 677. The number of carbonyl (C=O) groups is 1. The van der Waals surface area contributed by atoms with Crippen LogP contribution in [0.15, 0.2) is 36.4 Å². The minimum Gasteiger partial charge on any atom is -0.299 e. The van der Waals surface area contributed by atoms with Crippen molar-refractivity contribution in [3.63, 3.8) is 0 Å². The van der Waals surface area contributed by atoms with Gasteiger partial charge < -0.3 is 0 Å². The van der Waals surface area contributed by atoms with Gasteiger partial charge in [-0.1, -0.05) is 30.3 Å². The molecule has 1 heteroatoms. The first-order valence-electron chi connectivity index (χ1n) is 7.27. The van der Waals surface area contributed by atoms with Gasteiger partial charge in [-0.15, -0.1) is 0 Å². The van der Waals surface area contributed by atoms with E-state index in [-0.39, 0.29) is 0 Å². The molecule has 0 atom stereocenters. The molecule has 2 aromatic rings. The molecule has 0 radical (unpaired) electrons. The average molecular weight is 278 g/mol. The van der Waals surface area contributed by atoms with Gasteiger partial charge in [0.2, 0.25) is 0 Å². The standard InChI is InChI=1S/C20H22O/c1-13-14(2)16(4)20(17(5)15(13)3)19(11-12-21)18-9-7-6-8-10-18/h6-12H,1-5H3/b19-11-. The molecule has 0 aromatic heterocycles. The Balaban J connectivity index is 2.80. The Morgan fingerprint density at radius 2 is 1.24 bits per heavy atom. The van der Waals surface area contributed by atoms with Crippen molar-refractivity contribution in [3.05, 3.63) is 75.4 Å². The lowest BCUT2D eigenvalue weighted by molar-refractivity contribution is -0.104. The lowest BCUT2D eigenvalue weighted by Gasteiger charge is -2.21. The maximum absolute atomic E-state index is 11.1. The molecule has 0 fully saturated rings. The molecule has 0 spiro atoms. The van der Waals surface area contributed by atoms with Gasteiger partial charge in [-0.25, -0.2) is 0 Å². The largest absolute Gasteiger partial charge is 0.299 e. The minimum absolute atomic E-state index is 0.881. The van der Waals surface area contributed by atoms with Crippen molar-refractivity contribution in [1.82, 2.24) is 0 Å². The van der Waals surface area contributed by atoms with Crippen LogP contribution in [0.25, 0.3) is 5.57 Å². The van der Waals surface area contributed by atoms with Crippen molar-refractivity contribution in [2.45, 2.75) is 34.6 Å². The molecule has 1 nitrogen and oxygen atoms in total. The molecule has 21 heavy (non-hydrogen) atoms. The third kappa shape index (κ3) is 2.69. The SMILES string of the molecule is Cc1c(C)c(C)c(/C(=C\C=O)c2ccccc2)c(C)c1C. The quantitative estimate of drug-likeness (QED) is 0.579. The van der Waals surface area contributed by atoms with Crippen molar-refractivity contribution in [1.29, 1.82) is 0 Å². The molecule has 0 amide bonds. The summed E-state index contributed by atoms with van der Waals surface area (Å²) in [5.74, 6) is 0. The van der Waals surface area contributed by atoms with E-state index in [4.69, 9.17) is 0 Å². The summed E-state index contributed by atoms with van der Waals surface area (Å²) >= 11 is 0. The summed E-state index contributed by atoms with van der Waals surface area (Å²) in [5, 5.41) is 0. The molecule has 0 aliphatic rings. The Morgan fingerprint density at radius 1 is 0.762 bits per heavy atom. The number of hydrogen-bond donors (Lipinski definition) is 0. The third-order valence-corrected chi connectivity index (χ3v) is 4.59. The predicted octanol–water partition coefficient (Wildman–Crippen LogP) is 4.86. The van der Waals surface area contributed by atoms with E-state index in [9.17, 15) is 4.79 Å². The van der Waals surface area contributed by atoms with E-state index < -0.39 is 0 Å². The summed E-state index contributed by atoms with van der Waals surface area (Å²) in [6.45, 7) is 10.8. The molecule has 0 saturated heterocycles. The molecule has 0 bridgehead atoms.